The molecule has 1 aromatic carbocycles. The number of halogens is 1. The van der Waals surface area contributed by atoms with E-state index in [1.165, 1.54) is 6.07 Å². The van der Waals surface area contributed by atoms with Crippen LogP contribution in [0.4, 0.5) is 11.4 Å². The van der Waals surface area contributed by atoms with Crippen LogP contribution in [-0.2, 0) is 6.42 Å². The van der Waals surface area contributed by atoms with Gasteiger partial charge in [-0.05, 0) is 24.3 Å². The van der Waals surface area contributed by atoms with Gasteiger partial charge in [0.15, 0.2) is 0 Å². The van der Waals surface area contributed by atoms with Crippen LogP contribution >= 0.6 is 15.9 Å². The Morgan fingerprint density at radius 3 is 2.84 bits per heavy atom. The minimum absolute atomic E-state index is 0.0652. The van der Waals surface area contributed by atoms with Crippen LogP contribution in [-0.4, -0.2) is 16.5 Å². The summed E-state index contributed by atoms with van der Waals surface area (Å²) in [5.41, 5.74) is 1.54. The number of anilines is 1. The quantitative estimate of drug-likeness (QED) is 0.677. The lowest BCUT2D eigenvalue weighted by atomic mass is 10.2. The van der Waals surface area contributed by atoms with Gasteiger partial charge in [-0.2, -0.15) is 0 Å². The molecule has 19 heavy (non-hydrogen) atoms. The molecule has 0 atom stereocenters. The maximum atomic E-state index is 10.9. The van der Waals surface area contributed by atoms with Gasteiger partial charge in [-0.15, -0.1) is 0 Å². The Labute approximate surface area is 119 Å². The van der Waals surface area contributed by atoms with Crippen LogP contribution in [0.3, 0.4) is 0 Å². The molecule has 0 amide bonds. The summed E-state index contributed by atoms with van der Waals surface area (Å²) >= 11 is 3.23. The largest absolute Gasteiger partial charge is 0.379 e. The second kappa shape index (κ2) is 6.29. The second-order valence-electron chi connectivity index (χ2n) is 3.92. The first-order valence-corrected chi connectivity index (χ1v) is 6.54. The van der Waals surface area contributed by atoms with Gasteiger partial charge < -0.3 is 5.32 Å². The van der Waals surface area contributed by atoms with Gasteiger partial charge in [0.1, 0.15) is 5.69 Å². The summed E-state index contributed by atoms with van der Waals surface area (Å²) in [5.74, 6) is 0. The van der Waals surface area contributed by atoms with Crippen molar-refractivity contribution in [3.63, 3.8) is 0 Å². The molecule has 2 aromatic rings. The van der Waals surface area contributed by atoms with E-state index in [2.05, 4.69) is 26.2 Å². The van der Waals surface area contributed by atoms with Crippen LogP contribution in [0.1, 0.15) is 5.69 Å². The molecule has 0 fully saturated rings. The lowest BCUT2D eigenvalue weighted by molar-refractivity contribution is -0.384. The Kier molecular flexibility index (Phi) is 4.46. The standard InChI is InChI=1S/C13H12BrN3O2/c14-10-4-5-12(13(9-10)17(18)19)16-8-6-11-3-1-2-7-15-11/h1-5,7,9,16H,6,8H2. The molecule has 1 aromatic heterocycles. The van der Waals surface area contributed by atoms with Crippen molar-refractivity contribution in [2.75, 3.05) is 11.9 Å². The summed E-state index contributed by atoms with van der Waals surface area (Å²) in [4.78, 5) is 14.7. The van der Waals surface area contributed by atoms with E-state index in [4.69, 9.17) is 0 Å². The van der Waals surface area contributed by atoms with Crippen molar-refractivity contribution in [3.05, 3.63) is 62.9 Å². The van der Waals surface area contributed by atoms with E-state index in [1.807, 2.05) is 18.2 Å². The van der Waals surface area contributed by atoms with Crippen LogP contribution in [0.2, 0.25) is 0 Å². The molecule has 0 bridgehead atoms. The van der Waals surface area contributed by atoms with E-state index in [9.17, 15) is 10.1 Å². The zero-order valence-electron chi connectivity index (χ0n) is 10.0. The van der Waals surface area contributed by atoms with Crippen LogP contribution < -0.4 is 5.32 Å². The van der Waals surface area contributed by atoms with E-state index < -0.39 is 4.92 Å². The average molecular weight is 322 g/mol. The van der Waals surface area contributed by atoms with Crippen molar-refractivity contribution in [2.24, 2.45) is 0 Å². The van der Waals surface area contributed by atoms with E-state index >= 15 is 0 Å². The SMILES string of the molecule is O=[N+]([O-])c1cc(Br)ccc1NCCc1ccccn1. The molecule has 0 aliphatic carbocycles. The number of nitro benzene ring substituents is 1. The van der Waals surface area contributed by atoms with Gasteiger partial charge in [-0.25, -0.2) is 0 Å². The van der Waals surface area contributed by atoms with Crippen molar-refractivity contribution in [2.45, 2.75) is 6.42 Å². The number of aromatic nitrogens is 1. The molecule has 0 spiro atoms. The number of pyridine rings is 1. The van der Waals surface area contributed by atoms with Crippen LogP contribution in [0, 0.1) is 10.1 Å². The van der Waals surface area contributed by atoms with Gasteiger partial charge in [0.2, 0.25) is 0 Å². The molecule has 6 heteroatoms. The fraction of sp³-hybridized carbons (Fsp3) is 0.154. The molecule has 0 aliphatic rings. The Balaban J connectivity index is 2.02. The number of hydrogen-bond acceptors (Lipinski definition) is 4. The fourth-order valence-corrected chi connectivity index (χ4v) is 2.03. The number of nitrogens with one attached hydrogen (secondary N) is 1. The highest BCUT2D eigenvalue weighted by atomic mass is 79.9. The first-order valence-electron chi connectivity index (χ1n) is 5.74. The smallest absolute Gasteiger partial charge is 0.293 e. The molecule has 1 heterocycles. The second-order valence-corrected chi connectivity index (χ2v) is 4.83. The molecule has 2 rings (SSSR count). The van der Waals surface area contributed by atoms with Gasteiger partial charge in [0.05, 0.1) is 4.92 Å². The van der Waals surface area contributed by atoms with E-state index in [0.717, 1.165) is 5.69 Å². The molecule has 0 saturated heterocycles. The number of nitrogens with zero attached hydrogens (tertiary/aromatic N) is 2. The highest BCUT2D eigenvalue weighted by Crippen LogP contribution is 2.27. The van der Waals surface area contributed by atoms with Gasteiger partial charge in [0, 0.05) is 35.4 Å². The summed E-state index contributed by atoms with van der Waals surface area (Å²) in [5, 5.41) is 14.0. The number of hydrogen-bond donors (Lipinski definition) is 1. The zero-order valence-corrected chi connectivity index (χ0v) is 11.6. The summed E-state index contributed by atoms with van der Waals surface area (Å²) in [6, 6.07) is 10.7. The third-order valence-corrected chi connectivity index (χ3v) is 3.07. The van der Waals surface area contributed by atoms with Gasteiger partial charge in [-0.3, -0.25) is 15.1 Å². The topological polar surface area (TPSA) is 68.1 Å². The van der Waals surface area contributed by atoms with E-state index in [-0.39, 0.29) is 5.69 Å². The molecule has 0 saturated carbocycles. The summed E-state index contributed by atoms with van der Waals surface area (Å²) in [6.07, 6.45) is 2.45. The van der Waals surface area contributed by atoms with E-state index in [0.29, 0.717) is 23.1 Å². The molecule has 5 nitrogen and oxygen atoms in total. The molecule has 1 N–H and O–H groups in total. The van der Waals surface area contributed by atoms with Crippen molar-refractivity contribution in [3.8, 4) is 0 Å². The highest BCUT2D eigenvalue weighted by molar-refractivity contribution is 9.10. The average Bonchev–Trinajstić information content (AvgIpc) is 2.41. The van der Waals surface area contributed by atoms with Crippen molar-refractivity contribution in [1.29, 1.82) is 0 Å². The first-order chi connectivity index (χ1) is 9.16. The molecule has 0 aliphatic heterocycles. The third kappa shape index (κ3) is 3.75. The Morgan fingerprint density at radius 1 is 1.32 bits per heavy atom. The Morgan fingerprint density at radius 2 is 2.16 bits per heavy atom. The van der Waals surface area contributed by atoms with Crippen LogP contribution in [0.25, 0.3) is 0 Å². The molecule has 0 radical (unpaired) electrons. The van der Waals surface area contributed by atoms with Crippen molar-refractivity contribution < 1.29 is 4.92 Å². The number of rotatable bonds is 5. The summed E-state index contributed by atoms with van der Waals surface area (Å²) in [6.45, 7) is 0.597. The molecular weight excluding hydrogens is 310 g/mol. The summed E-state index contributed by atoms with van der Waals surface area (Å²) < 4.78 is 0.689. The van der Waals surface area contributed by atoms with Crippen molar-refractivity contribution >= 4 is 27.3 Å². The minimum Gasteiger partial charge on any atom is -0.379 e. The van der Waals surface area contributed by atoms with E-state index in [1.54, 1.807) is 18.3 Å². The molecular formula is C13H12BrN3O2. The predicted molar refractivity (Wildman–Crippen MR) is 77.2 cm³/mol. The zero-order chi connectivity index (χ0) is 13.7. The molecule has 0 unspecified atom stereocenters. The number of nitro groups is 1. The Bertz CT molecular complexity index is 575. The summed E-state index contributed by atoms with van der Waals surface area (Å²) in [7, 11) is 0. The normalized spacial score (nSPS) is 10.2. The highest BCUT2D eigenvalue weighted by Gasteiger charge is 2.13. The van der Waals surface area contributed by atoms with Gasteiger partial charge in [-0.1, -0.05) is 22.0 Å². The van der Waals surface area contributed by atoms with Gasteiger partial charge in [0.25, 0.3) is 5.69 Å². The minimum atomic E-state index is -0.395. The first kappa shape index (κ1) is 13.5. The maximum Gasteiger partial charge on any atom is 0.293 e. The molecule has 98 valence electrons. The Hall–Kier alpha value is -1.95. The predicted octanol–water partition coefficient (Wildman–Crippen LogP) is 3.41. The lowest BCUT2D eigenvalue weighted by Crippen LogP contribution is -2.07. The van der Waals surface area contributed by atoms with Crippen molar-refractivity contribution in [1.82, 2.24) is 4.98 Å². The number of benzene rings is 1. The van der Waals surface area contributed by atoms with Crippen LogP contribution in [0.15, 0.2) is 47.1 Å². The lowest BCUT2D eigenvalue weighted by Gasteiger charge is -2.07. The van der Waals surface area contributed by atoms with Crippen LogP contribution in [0.5, 0.6) is 0 Å². The van der Waals surface area contributed by atoms with Gasteiger partial charge >= 0.3 is 0 Å². The fourth-order valence-electron chi connectivity index (χ4n) is 1.68. The maximum absolute atomic E-state index is 10.9. The monoisotopic (exact) mass is 321 g/mol. The third-order valence-electron chi connectivity index (χ3n) is 2.58.